The Hall–Kier alpha value is -2.98. The van der Waals surface area contributed by atoms with Crippen LogP contribution in [0.5, 0.6) is 0 Å². The van der Waals surface area contributed by atoms with Crippen molar-refractivity contribution in [3.8, 4) is 17.2 Å². The molecule has 3 rings (SSSR count). The summed E-state index contributed by atoms with van der Waals surface area (Å²) in [7, 11) is 0. The van der Waals surface area contributed by atoms with Crippen molar-refractivity contribution < 1.29 is 14.3 Å². The van der Waals surface area contributed by atoms with E-state index in [1.807, 2.05) is 43.5 Å². The maximum atomic E-state index is 12.8. The van der Waals surface area contributed by atoms with Gasteiger partial charge in [-0.2, -0.15) is 5.26 Å². The molecule has 0 saturated carbocycles. The van der Waals surface area contributed by atoms with Gasteiger partial charge in [-0.3, -0.25) is 9.69 Å². The third-order valence-corrected chi connectivity index (χ3v) is 5.71. The van der Waals surface area contributed by atoms with Crippen LogP contribution in [0.2, 0.25) is 0 Å². The minimum Gasteiger partial charge on any atom is -0.446 e. The van der Waals surface area contributed by atoms with E-state index in [0.29, 0.717) is 29.0 Å². The first-order valence-electron chi connectivity index (χ1n) is 9.77. The van der Waals surface area contributed by atoms with Gasteiger partial charge in [-0.05, 0) is 56.9 Å². The second kappa shape index (κ2) is 8.80. The summed E-state index contributed by atoms with van der Waals surface area (Å²) >= 11 is 1.64. The Kier molecular flexibility index (Phi) is 6.37. The van der Waals surface area contributed by atoms with Crippen molar-refractivity contribution in [2.24, 2.45) is 0 Å². The zero-order valence-corrected chi connectivity index (χ0v) is 18.6. The van der Waals surface area contributed by atoms with Gasteiger partial charge in [0.05, 0.1) is 35.2 Å². The third-order valence-electron chi connectivity index (χ3n) is 4.97. The number of rotatable bonds is 3. The molecule has 0 N–H and O–H groups in total. The first-order chi connectivity index (χ1) is 14.3. The second-order valence-corrected chi connectivity index (χ2v) is 8.39. The molecule has 0 fully saturated rings. The van der Waals surface area contributed by atoms with Gasteiger partial charge in [0.15, 0.2) is 0 Å². The fourth-order valence-corrected chi connectivity index (χ4v) is 4.10. The number of hydrogen-bond acceptors (Lipinski definition) is 5. The quantitative estimate of drug-likeness (QED) is 0.646. The van der Waals surface area contributed by atoms with Crippen LogP contribution in [0.25, 0.3) is 11.1 Å². The summed E-state index contributed by atoms with van der Waals surface area (Å²) in [6.07, 6.45) is 1.28. The number of amides is 2. The summed E-state index contributed by atoms with van der Waals surface area (Å²) in [6, 6.07) is 13.4. The molecule has 1 aliphatic rings. The number of carbonyl (C=O) groups excluding carboxylic acids is 2. The molecule has 1 atom stereocenters. The Morgan fingerprint density at radius 2 is 1.87 bits per heavy atom. The maximum Gasteiger partial charge on any atom is 0.414 e. The standard InChI is InChI=1S/C23H25N3O3S/c1-14(2)29-23(28)25-13-15(3)26(16(4)27)22-10-18(12-24)20(11-21(22)25)17-6-8-19(30-5)9-7-17/h6-11,14-15H,13H2,1-5H3. The third kappa shape index (κ3) is 4.14. The molecule has 0 aromatic heterocycles. The van der Waals surface area contributed by atoms with E-state index in [1.165, 1.54) is 6.92 Å². The molecule has 1 unspecified atom stereocenters. The minimum absolute atomic E-state index is 0.137. The van der Waals surface area contributed by atoms with Crippen LogP contribution in [0.4, 0.5) is 16.2 Å². The first-order valence-corrected chi connectivity index (χ1v) is 11.0. The second-order valence-electron chi connectivity index (χ2n) is 7.51. The fourth-order valence-electron chi connectivity index (χ4n) is 3.69. The van der Waals surface area contributed by atoms with E-state index >= 15 is 0 Å². The molecule has 0 bridgehead atoms. The number of hydrogen-bond donors (Lipinski definition) is 0. The Morgan fingerprint density at radius 1 is 1.20 bits per heavy atom. The highest BCUT2D eigenvalue weighted by molar-refractivity contribution is 7.98. The summed E-state index contributed by atoms with van der Waals surface area (Å²) in [4.78, 5) is 29.5. The van der Waals surface area contributed by atoms with Crippen molar-refractivity contribution >= 4 is 35.1 Å². The number of nitrogens with zero attached hydrogens (tertiary/aromatic N) is 3. The molecule has 1 aliphatic heterocycles. The SMILES string of the molecule is CSc1ccc(-c2cc3c(cc2C#N)N(C(C)=O)C(C)CN3C(=O)OC(C)C)cc1. The lowest BCUT2D eigenvalue weighted by Crippen LogP contribution is -2.51. The van der Waals surface area contributed by atoms with E-state index in [1.54, 1.807) is 41.5 Å². The Bertz CT molecular complexity index is 1010. The topological polar surface area (TPSA) is 73.6 Å². The average molecular weight is 424 g/mol. The Labute approximate surface area is 181 Å². The van der Waals surface area contributed by atoms with Gasteiger partial charge in [-0.25, -0.2) is 4.79 Å². The summed E-state index contributed by atoms with van der Waals surface area (Å²) in [5.41, 5.74) is 3.14. The zero-order chi connectivity index (χ0) is 22.0. The lowest BCUT2D eigenvalue weighted by molar-refractivity contribution is -0.117. The highest BCUT2D eigenvalue weighted by Crippen LogP contribution is 2.41. The molecular weight excluding hydrogens is 398 g/mol. The first kappa shape index (κ1) is 21.7. The van der Waals surface area contributed by atoms with Crippen molar-refractivity contribution in [2.45, 2.75) is 44.7 Å². The lowest BCUT2D eigenvalue weighted by atomic mass is 9.96. The smallest absolute Gasteiger partial charge is 0.414 e. The van der Waals surface area contributed by atoms with E-state index in [4.69, 9.17) is 4.74 Å². The molecule has 0 aliphatic carbocycles. The van der Waals surface area contributed by atoms with Gasteiger partial charge >= 0.3 is 6.09 Å². The highest BCUT2D eigenvalue weighted by Gasteiger charge is 2.35. The van der Waals surface area contributed by atoms with Crippen LogP contribution in [0.15, 0.2) is 41.3 Å². The number of carbonyl (C=O) groups is 2. The summed E-state index contributed by atoms with van der Waals surface area (Å²) in [5.74, 6) is -0.137. The van der Waals surface area contributed by atoms with Gasteiger partial charge in [0.25, 0.3) is 0 Å². The molecular formula is C23H25N3O3S. The predicted molar refractivity (Wildman–Crippen MR) is 120 cm³/mol. The number of nitriles is 1. The number of ether oxygens (including phenoxy) is 1. The van der Waals surface area contributed by atoms with Gasteiger partial charge in [0, 0.05) is 23.9 Å². The fraction of sp³-hybridized carbons (Fsp3) is 0.348. The van der Waals surface area contributed by atoms with Gasteiger partial charge < -0.3 is 9.64 Å². The van der Waals surface area contributed by atoms with E-state index < -0.39 is 6.09 Å². The summed E-state index contributed by atoms with van der Waals surface area (Å²) in [6.45, 7) is 7.27. The summed E-state index contributed by atoms with van der Waals surface area (Å²) < 4.78 is 5.44. The highest BCUT2D eigenvalue weighted by atomic mass is 32.2. The van der Waals surface area contributed by atoms with Crippen molar-refractivity contribution in [3.63, 3.8) is 0 Å². The van der Waals surface area contributed by atoms with Crippen LogP contribution in [-0.4, -0.2) is 36.9 Å². The molecule has 0 radical (unpaired) electrons. The minimum atomic E-state index is -0.463. The molecule has 2 aromatic rings. The molecule has 156 valence electrons. The Balaban J connectivity index is 2.20. The monoisotopic (exact) mass is 423 g/mol. The lowest BCUT2D eigenvalue weighted by Gasteiger charge is -2.40. The predicted octanol–water partition coefficient (Wildman–Crippen LogP) is 5.05. The summed E-state index contributed by atoms with van der Waals surface area (Å²) in [5, 5.41) is 9.80. The van der Waals surface area contributed by atoms with Crippen molar-refractivity contribution in [2.75, 3.05) is 22.6 Å². The van der Waals surface area contributed by atoms with Crippen LogP contribution < -0.4 is 9.80 Å². The van der Waals surface area contributed by atoms with E-state index in [2.05, 4.69) is 6.07 Å². The zero-order valence-electron chi connectivity index (χ0n) is 17.8. The maximum absolute atomic E-state index is 12.8. The van der Waals surface area contributed by atoms with Crippen LogP contribution in [-0.2, 0) is 9.53 Å². The molecule has 6 nitrogen and oxygen atoms in total. The molecule has 30 heavy (non-hydrogen) atoms. The Morgan fingerprint density at radius 3 is 2.40 bits per heavy atom. The molecule has 0 saturated heterocycles. The molecule has 1 heterocycles. The number of thioether (sulfide) groups is 1. The largest absolute Gasteiger partial charge is 0.446 e. The molecule has 2 aromatic carbocycles. The van der Waals surface area contributed by atoms with Crippen LogP contribution in [0.3, 0.4) is 0 Å². The van der Waals surface area contributed by atoms with Crippen LogP contribution in [0, 0.1) is 11.3 Å². The van der Waals surface area contributed by atoms with Gasteiger partial charge in [0.2, 0.25) is 5.91 Å². The van der Waals surface area contributed by atoms with E-state index in [-0.39, 0.29) is 18.1 Å². The molecule has 7 heteroatoms. The van der Waals surface area contributed by atoms with Crippen LogP contribution in [0.1, 0.15) is 33.3 Å². The normalized spacial score (nSPS) is 15.6. The van der Waals surface area contributed by atoms with Crippen molar-refractivity contribution in [3.05, 3.63) is 42.0 Å². The average Bonchev–Trinajstić information content (AvgIpc) is 2.71. The van der Waals surface area contributed by atoms with Crippen molar-refractivity contribution in [1.29, 1.82) is 5.26 Å². The number of benzene rings is 2. The van der Waals surface area contributed by atoms with Gasteiger partial charge in [-0.15, -0.1) is 11.8 Å². The number of anilines is 2. The van der Waals surface area contributed by atoms with Gasteiger partial charge in [0.1, 0.15) is 0 Å². The van der Waals surface area contributed by atoms with Gasteiger partial charge in [-0.1, -0.05) is 12.1 Å². The molecule has 0 spiro atoms. The van der Waals surface area contributed by atoms with E-state index in [9.17, 15) is 14.9 Å². The van der Waals surface area contributed by atoms with E-state index in [0.717, 1.165) is 10.5 Å². The van der Waals surface area contributed by atoms with Crippen molar-refractivity contribution in [1.82, 2.24) is 0 Å². The number of fused-ring (bicyclic) bond motifs is 1. The molecule has 2 amide bonds. The van der Waals surface area contributed by atoms with Crippen LogP contribution >= 0.6 is 11.8 Å².